The molecule has 0 unspecified atom stereocenters. The second-order valence-corrected chi connectivity index (χ2v) is 6.46. The van der Waals surface area contributed by atoms with Crippen molar-refractivity contribution in [2.24, 2.45) is 11.7 Å². The molecule has 0 bridgehead atoms. The molecule has 1 aromatic carbocycles. The van der Waals surface area contributed by atoms with E-state index in [9.17, 15) is 14.4 Å². The molecular weight excluding hydrogens is 364 g/mol. The number of hydrogen-bond donors (Lipinski definition) is 1. The molecule has 1 fully saturated rings. The molecule has 0 aromatic heterocycles. The summed E-state index contributed by atoms with van der Waals surface area (Å²) >= 11 is 3.32. The fourth-order valence-corrected chi connectivity index (χ4v) is 2.75. The molecule has 1 heterocycles. The number of ether oxygens (including phenoxy) is 1. The van der Waals surface area contributed by atoms with Crippen molar-refractivity contribution < 1.29 is 19.1 Å². The Morgan fingerprint density at radius 1 is 1.26 bits per heavy atom. The highest BCUT2D eigenvalue weighted by atomic mass is 79.9. The number of nitrogens with two attached hydrogens (primary N) is 1. The number of benzene rings is 1. The zero-order valence-corrected chi connectivity index (χ0v) is 14.3. The standard InChI is InChI=1S/C16H19BrN2O4/c17-13-5-3-11(4-6-13)8-15(21)23-10-14(20)19-7-1-2-12(9-19)16(18)22/h3-6,12H,1-2,7-10H2,(H2,18,22)/t12-/m1/s1. The topological polar surface area (TPSA) is 89.7 Å². The van der Waals surface area contributed by atoms with Crippen molar-refractivity contribution in [1.29, 1.82) is 0 Å². The van der Waals surface area contributed by atoms with E-state index in [-0.39, 0.29) is 24.9 Å². The summed E-state index contributed by atoms with van der Waals surface area (Å²) in [5.74, 6) is -1.45. The molecule has 1 aliphatic heterocycles. The summed E-state index contributed by atoms with van der Waals surface area (Å²) in [5.41, 5.74) is 6.10. The minimum absolute atomic E-state index is 0.116. The lowest BCUT2D eigenvalue weighted by atomic mass is 9.97. The van der Waals surface area contributed by atoms with Crippen LogP contribution in [0.2, 0.25) is 0 Å². The summed E-state index contributed by atoms with van der Waals surface area (Å²) in [6.07, 6.45) is 1.54. The van der Waals surface area contributed by atoms with Crippen LogP contribution in [0.4, 0.5) is 0 Å². The number of hydrogen-bond acceptors (Lipinski definition) is 4. The molecule has 2 N–H and O–H groups in total. The molecule has 0 spiro atoms. The molecular formula is C16H19BrN2O4. The molecule has 1 aliphatic rings. The van der Waals surface area contributed by atoms with Crippen LogP contribution in [0.25, 0.3) is 0 Å². The summed E-state index contributed by atoms with van der Waals surface area (Å²) in [5, 5.41) is 0. The Labute approximate surface area is 143 Å². The van der Waals surface area contributed by atoms with E-state index in [1.54, 1.807) is 0 Å². The van der Waals surface area contributed by atoms with E-state index in [0.29, 0.717) is 19.5 Å². The first-order chi connectivity index (χ1) is 11.0. The van der Waals surface area contributed by atoms with Crippen LogP contribution in [0.3, 0.4) is 0 Å². The van der Waals surface area contributed by atoms with Crippen molar-refractivity contribution in [1.82, 2.24) is 4.90 Å². The molecule has 6 nitrogen and oxygen atoms in total. The van der Waals surface area contributed by atoms with Gasteiger partial charge in [-0.25, -0.2) is 0 Å². The number of primary amides is 1. The van der Waals surface area contributed by atoms with Crippen molar-refractivity contribution in [3.8, 4) is 0 Å². The van der Waals surface area contributed by atoms with Crippen LogP contribution in [-0.2, 0) is 25.5 Å². The highest BCUT2D eigenvalue weighted by molar-refractivity contribution is 9.10. The summed E-state index contributed by atoms with van der Waals surface area (Å²) in [6, 6.07) is 7.31. The lowest BCUT2D eigenvalue weighted by Gasteiger charge is -2.31. The van der Waals surface area contributed by atoms with Gasteiger partial charge in [-0.15, -0.1) is 0 Å². The maximum absolute atomic E-state index is 12.1. The fraction of sp³-hybridized carbons (Fsp3) is 0.438. The smallest absolute Gasteiger partial charge is 0.310 e. The molecule has 0 radical (unpaired) electrons. The van der Waals surface area contributed by atoms with Crippen molar-refractivity contribution in [3.63, 3.8) is 0 Å². The van der Waals surface area contributed by atoms with Crippen LogP contribution in [0.15, 0.2) is 28.7 Å². The Morgan fingerprint density at radius 3 is 2.61 bits per heavy atom. The fourth-order valence-electron chi connectivity index (χ4n) is 2.49. The van der Waals surface area contributed by atoms with E-state index < -0.39 is 11.9 Å². The van der Waals surface area contributed by atoms with Crippen LogP contribution in [0.5, 0.6) is 0 Å². The molecule has 2 rings (SSSR count). The number of halogens is 1. The number of carbonyl (C=O) groups is 3. The molecule has 1 saturated heterocycles. The minimum Gasteiger partial charge on any atom is -0.455 e. The number of nitrogens with zero attached hydrogens (tertiary/aromatic N) is 1. The molecule has 0 saturated carbocycles. The average Bonchev–Trinajstić information content (AvgIpc) is 2.55. The average molecular weight is 383 g/mol. The molecule has 23 heavy (non-hydrogen) atoms. The Morgan fingerprint density at radius 2 is 1.96 bits per heavy atom. The zero-order valence-electron chi connectivity index (χ0n) is 12.7. The van der Waals surface area contributed by atoms with Crippen molar-refractivity contribution in [3.05, 3.63) is 34.3 Å². The van der Waals surface area contributed by atoms with Gasteiger partial charge in [0.1, 0.15) is 0 Å². The summed E-state index contributed by atoms with van der Waals surface area (Å²) in [4.78, 5) is 36.6. The Kier molecular flexibility index (Phi) is 6.15. The Bertz CT molecular complexity index is 588. The van der Waals surface area contributed by atoms with E-state index in [1.807, 2.05) is 24.3 Å². The molecule has 1 aromatic rings. The summed E-state index contributed by atoms with van der Waals surface area (Å²) in [7, 11) is 0. The van der Waals surface area contributed by atoms with Crippen molar-refractivity contribution in [2.75, 3.05) is 19.7 Å². The first-order valence-corrected chi connectivity index (χ1v) is 8.22. The van der Waals surface area contributed by atoms with Gasteiger partial charge in [0.25, 0.3) is 5.91 Å². The van der Waals surface area contributed by atoms with Crippen LogP contribution >= 0.6 is 15.9 Å². The lowest BCUT2D eigenvalue weighted by Crippen LogP contribution is -2.45. The number of rotatable bonds is 5. The highest BCUT2D eigenvalue weighted by Crippen LogP contribution is 2.16. The van der Waals surface area contributed by atoms with Gasteiger partial charge in [-0.1, -0.05) is 28.1 Å². The lowest BCUT2D eigenvalue weighted by molar-refractivity contribution is -0.152. The maximum Gasteiger partial charge on any atom is 0.310 e. The van der Waals surface area contributed by atoms with Gasteiger partial charge in [0.15, 0.2) is 6.61 Å². The third-order valence-electron chi connectivity index (χ3n) is 3.79. The van der Waals surface area contributed by atoms with Crippen molar-refractivity contribution >= 4 is 33.7 Å². The van der Waals surface area contributed by atoms with E-state index in [4.69, 9.17) is 10.5 Å². The number of likely N-dealkylation sites (tertiary alicyclic amines) is 1. The van der Waals surface area contributed by atoms with Crippen LogP contribution in [-0.4, -0.2) is 42.4 Å². The predicted octanol–water partition coefficient (Wildman–Crippen LogP) is 1.26. The Hall–Kier alpha value is -1.89. The van der Waals surface area contributed by atoms with Crippen LogP contribution in [0, 0.1) is 5.92 Å². The molecule has 7 heteroatoms. The molecule has 124 valence electrons. The second kappa shape index (κ2) is 8.10. The van der Waals surface area contributed by atoms with Crippen LogP contribution < -0.4 is 5.73 Å². The maximum atomic E-state index is 12.1. The molecule has 0 aliphatic carbocycles. The first-order valence-electron chi connectivity index (χ1n) is 7.43. The Balaban J connectivity index is 1.78. The monoisotopic (exact) mass is 382 g/mol. The largest absolute Gasteiger partial charge is 0.455 e. The summed E-state index contributed by atoms with van der Waals surface area (Å²) in [6.45, 7) is 0.562. The van der Waals surface area contributed by atoms with Gasteiger partial charge < -0.3 is 15.4 Å². The predicted molar refractivity (Wildman–Crippen MR) is 87.3 cm³/mol. The normalized spacial score (nSPS) is 17.6. The van der Waals surface area contributed by atoms with Crippen molar-refractivity contribution in [2.45, 2.75) is 19.3 Å². The van der Waals surface area contributed by atoms with Crippen LogP contribution in [0.1, 0.15) is 18.4 Å². The van der Waals surface area contributed by atoms with Gasteiger partial charge in [-0.05, 0) is 30.5 Å². The van der Waals surface area contributed by atoms with Gasteiger partial charge >= 0.3 is 5.97 Å². The van der Waals surface area contributed by atoms with E-state index in [2.05, 4.69) is 15.9 Å². The van der Waals surface area contributed by atoms with Gasteiger partial charge in [0.05, 0.1) is 12.3 Å². The third-order valence-corrected chi connectivity index (χ3v) is 4.32. The number of esters is 1. The minimum atomic E-state index is -0.455. The zero-order chi connectivity index (χ0) is 16.8. The van der Waals surface area contributed by atoms with E-state index in [0.717, 1.165) is 16.5 Å². The SMILES string of the molecule is NC(=O)[C@@H]1CCCN(C(=O)COC(=O)Cc2ccc(Br)cc2)C1. The van der Waals surface area contributed by atoms with E-state index >= 15 is 0 Å². The number of amides is 2. The van der Waals surface area contributed by atoms with E-state index in [1.165, 1.54) is 4.90 Å². The highest BCUT2D eigenvalue weighted by Gasteiger charge is 2.27. The summed E-state index contributed by atoms with van der Waals surface area (Å²) < 4.78 is 5.96. The second-order valence-electron chi connectivity index (χ2n) is 5.55. The molecule has 2 amide bonds. The van der Waals surface area contributed by atoms with Gasteiger partial charge in [-0.3, -0.25) is 14.4 Å². The van der Waals surface area contributed by atoms with Gasteiger partial charge in [0.2, 0.25) is 5.91 Å². The van der Waals surface area contributed by atoms with Gasteiger partial charge in [-0.2, -0.15) is 0 Å². The third kappa shape index (κ3) is 5.35. The molecule has 1 atom stereocenters. The number of carbonyl (C=O) groups excluding carboxylic acids is 3. The quantitative estimate of drug-likeness (QED) is 0.776. The van der Waals surface area contributed by atoms with Gasteiger partial charge in [0, 0.05) is 17.6 Å². The number of piperidine rings is 1. The first kappa shape index (κ1) is 17.5.